The Hall–Kier alpha value is -2.22. The average molecular weight is 277 g/mol. The highest BCUT2D eigenvalue weighted by atomic mass is 16.6. The predicted molar refractivity (Wildman–Crippen MR) is 71.9 cm³/mol. The van der Waals surface area contributed by atoms with Crippen molar-refractivity contribution in [3.63, 3.8) is 0 Å². The van der Waals surface area contributed by atoms with Crippen LogP contribution in [0.3, 0.4) is 0 Å². The Bertz CT molecular complexity index is 633. The molecule has 1 saturated heterocycles. The van der Waals surface area contributed by atoms with Gasteiger partial charge in [0.2, 0.25) is 5.65 Å². The van der Waals surface area contributed by atoms with Crippen molar-refractivity contribution >= 4 is 17.3 Å². The number of methoxy groups -OCH3 is 1. The quantitative estimate of drug-likeness (QED) is 0.620. The Morgan fingerprint density at radius 3 is 2.80 bits per heavy atom. The number of hydrogen-bond acceptors (Lipinski definition) is 6. The summed E-state index contributed by atoms with van der Waals surface area (Å²) in [5, 5.41) is 15.2. The van der Waals surface area contributed by atoms with Crippen LogP contribution in [-0.2, 0) is 4.74 Å². The molecule has 0 bridgehead atoms. The van der Waals surface area contributed by atoms with Gasteiger partial charge in [0.25, 0.3) is 0 Å². The summed E-state index contributed by atoms with van der Waals surface area (Å²) in [7, 11) is 1.72. The maximum atomic E-state index is 10.9. The molecule has 2 aromatic heterocycles. The lowest BCUT2D eigenvalue weighted by Crippen LogP contribution is -2.37. The minimum absolute atomic E-state index is 0.117. The number of hydrogen-bond donors (Lipinski definition) is 0. The van der Waals surface area contributed by atoms with E-state index in [-0.39, 0.29) is 11.9 Å². The van der Waals surface area contributed by atoms with Gasteiger partial charge >= 0.3 is 5.82 Å². The molecule has 3 heterocycles. The van der Waals surface area contributed by atoms with Crippen LogP contribution in [0.4, 0.5) is 11.6 Å². The standard InChI is InChI=1S/C12H15N5O3/c1-20-9-4-6-15(7-5-9)11-3-2-10-13-8-12(17(18)19)16(10)14-11/h2-3,8-9H,4-7H2,1H3. The van der Waals surface area contributed by atoms with Gasteiger partial charge < -0.3 is 19.8 Å². The van der Waals surface area contributed by atoms with E-state index in [4.69, 9.17) is 4.74 Å². The zero-order valence-corrected chi connectivity index (χ0v) is 11.1. The molecule has 0 saturated carbocycles. The van der Waals surface area contributed by atoms with E-state index in [1.807, 2.05) is 6.07 Å². The van der Waals surface area contributed by atoms with Gasteiger partial charge in [0.15, 0.2) is 5.82 Å². The van der Waals surface area contributed by atoms with Gasteiger partial charge in [0.05, 0.1) is 6.10 Å². The first-order valence-electron chi connectivity index (χ1n) is 6.46. The molecular formula is C12H15N5O3. The second kappa shape index (κ2) is 5.04. The second-order valence-electron chi connectivity index (χ2n) is 4.76. The lowest BCUT2D eigenvalue weighted by molar-refractivity contribution is -0.391. The third-order valence-corrected chi connectivity index (χ3v) is 3.62. The molecule has 0 unspecified atom stereocenters. The van der Waals surface area contributed by atoms with Gasteiger partial charge in [0, 0.05) is 26.3 Å². The SMILES string of the molecule is COC1CCN(c2ccc3ncc([N+](=O)[O-])n3n2)CC1. The van der Waals surface area contributed by atoms with Crippen LogP contribution in [0.15, 0.2) is 18.3 Å². The average Bonchev–Trinajstić information content (AvgIpc) is 2.90. The number of nitrogens with zero attached hydrogens (tertiary/aromatic N) is 5. The summed E-state index contributed by atoms with van der Waals surface area (Å²) in [6, 6.07) is 3.59. The number of anilines is 1. The first-order valence-corrected chi connectivity index (χ1v) is 6.46. The zero-order chi connectivity index (χ0) is 14.1. The van der Waals surface area contributed by atoms with Gasteiger partial charge in [-0.2, -0.15) is 0 Å². The maximum Gasteiger partial charge on any atom is 0.368 e. The van der Waals surface area contributed by atoms with Crippen molar-refractivity contribution in [3.05, 3.63) is 28.4 Å². The fourth-order valence-electron chi connectivity index (χ4n) is 2.47. The number of aromatic nitrogens is 3. The van der Waals surface area contributed by atoms with E-state index in [1.54, 1.807) is 13.2 Å². The minimum Gasteiger partial charge on any atom is -0.381 e. The van der Waals surface area contributed by atoms with Crippen molar-refractivity contribution in [2.75, 3.05) is 25.1 Å². The van der Waals surface area contributed by atoms with E-state index in [0.29, 0.717) is 5.65 Å². The number of rotatable bonds is 3. The Morgan fingerprint density at radius 2 is 2.15 bits per heavy atom. The van der Waals surface area contributed by atoms with Gasteiger partial charge in [0.1, 0.15) is 6.20 Å². The van der Waals surface area contributed by atoms with Gasteiger partial charge in [-0.25, -0.2) is 4.98 Å². The Labute approximate surface area is 115 Å². The molecule has 2 aromatic rings. The van der Waals surface area contributed by atoms with Gasteiger partial charge in [-0.3, -0.25) is 0 Å². The Kier molecular flexibility index (Phi) is 3.23. The lowest BCUT2D eigenvalue weighted by Gasteiger charge is -2.31. The minimum atomic E-state index is -0.478. The fraction of sp³-hybridized carbons (Fsp3) is 0.500. The molecule has 0 atom stereocenters. The molecule has 1 aliphatic rings. The molecule has 8 nitrogen and oxygen atoms in total. The summed E-state index contributed by atoms with van der Waals surface area (Å²) in [6.45, 7) is 1.67. The van der Waals surface area contributed by atoms with Crippen molar-refractivity contribution in [2.24, 2.45) is 0 Å². The highest BCUT2D eigenvalue weighted by Crippen LogP contribution is 2.21. The van der Waals surface area contributed by atoms with Crippen molar-refractivity contribution in [2.45, 2.75) is 18.9 Å². The molecule has 0 N–H and O–H groups in total. The molecule has 1 fully saturated rings. The van der Waals surface area contributed by atoms with E-state index < -0.39 is 4.92 Å². The summed E-state index contributed by atoms with van der Waals surface area (Å²) in [4.78, 5) is 16.5. The fourth-order valence-corrected chi connectivity index (χ4v) is 2.47. The maximum absolute atomic E-state index is 10.9. The van der Waals surface area contributed by atoms with Crippen molar-refractivity contribution in [1.82, 2.24) is 14.6 Å². The molecule has 0 amide bonds. The zero-order valence-electron chi connectivity index (χ0n) is 11.1. The molecule has 3 rings (SSSR count). The van der Waals surface area contributed by atoms with Crippen molar-refractivity contribution in [1.29, 1.82) is 0 Å². The Morgan fingerprint density at radius 1 is 1.40 bits per heavy atom. The summed E-state index contributed by atoms with van der Waals surface area (Å²) >= 11 is 0. The highest BCUT2D eigenvalue weighted by molar-refractivity contribution is 5.49. The number of imidazole rings is 1. The topological polar surface area (TPSA) is 85.8 Å². The highest BCUT2D eigenvalue weighted by Gasteiger charge is 2.22. The first kappa shape index (κ1) is 12.8. The van der Waals surface area contributed by atoms with Gasteiger partial charge in [-0.05, 0) is 23.8 Å². The van der Waals surface area contributed by atoms with Crippen LogP contribution >= 0.6 is 0 Å². The molecular weight excluding hydrogens is 262 g/mol. The predicted octanol–water partition coefficient (Wildman–Crippen LogP) is 1.25. The van der Waals surface area contributed by atoms with Gasteiger partial charge in [-0.1, -0.05) is 9.61 Å². The number of fused-ring (bicyclic) bond motifs is 1. The smallest absolute Gasteiger partial charge is 0.368 e. The normalized spacial score (nSPS) is 16.8. The summed E-state index contributed by atoms with van der Waals surface area (Å²) < 4.78 is 6.61. The van der Waals surface area contributed by atoms with Crippen molar-refractivity contribution in [3.8, 4) is 0 Å². The monoisotopic (exact) mass is 277 g/mol. The number of ether oxygens (including phenoxy) is 1. The second-order valence-corrected chi connectivity index (χ2v) is 4.76. The molecule has 0 spiro atoms. The van der Waals surface area contributed by atoms with E-state index >= 15 is 0 Å². The van der Waals surface area contributed by atoms with E-state index in [9.17, 15) is 10.1 Å². The first-order chi connectivity index (χ1) is 9.69. The third kappa shape index (κ3) is 2.18. The molecule has 0 aromatic carbocycles. The van der Waals surface area contributed by atoms with Crippen LogP contribution in [0.25, 0.3) is 5.65 Å². The largest absolute Gasteiger partial charge is 0.381 e. The summed E-state index contributed by atoms with van der Waals surface area (Å²) in [6.07, 6.45) is 3.38. The van der Waals surface area contributed by atoms with E-state index in [1.165, 1.54) is 10.7 Å². The number of piperidine rings is 1. The van der Waals surface area contributed by atoms with E-state index in [0.717, 1.165) is 31.7 Å². The molecule has 106 valence electrons. The summed E-state index contributed by atoms with van der Waals surface area (Å²) in [5.41, 5.74) is 0.479. The van der Waals surface area contributed by atoms with Crippen LogP contribution in [0.1, 0.15) is 12.8 Å². The van der Waals surface area contributed by atoms with Crippen molar-refractivity contribution < 1.29 is 9.66 Å². The molecule has 0 radical (unpaired) electrons. The van der Waals surface area contributed by atoms with Crippen LogP contribution < -0.4 is 4.90 Å². The van der Waals surface area contributed by atoms with Crippen LogP contribution in [0.5, 0.6) is 0 Å². The molecule has 8 heteroatoms. The van der Waals surface area contributed by atoms with Crippen LogP contribution in [-0.4, -0.2) is 45.8 Å². The van der Waals surface area contributed by atoms with Crippen LogP contribution in [0.2, 0.25) is 0 Å². The van der Waals surface area contributed by atoms with Gasteiger partial charge in [-0.15, -0.1) is 0 Å². The third-order valence-electron chi connectivity index (χ3n) is 3.62. The lowest BCUT2D eigenvalue weighted by atomic mass is 10.1. The molecule has 20 heavy (non-hydrogen) atoms. The molecule has 1 aliphatic heterocycles. The molecule has 0 aliphatic carbocycles. The summed E-state index contributed by atoms with van der Waals surface area (Å²) in [5.74, 6) is 0.613. The Balaban J connectivity index is 1.89. The van der Waals surface area contributed by atoms with E-state index in [2.05, 4.69) is 15.0 Å². The number of nitro groups is 1. The van der Waals surface area contributed by atoms with Crippen LogP contribution in [0, 0.1) is 10.1 Å².